The summed E-state index contributed by atoms with van der Waals surface area (Å²) in [5.41, 5.74) is 2.00. The molecule has 0 saturated heterocycles. The van der Waals surface area contributed by atoms with Gasteiger partial charge in [0, 0.05) is 11.8 Å². The summed E-state index contributed by atoms with van der Waals surface area (Å²) in [5, 5.41) is 4.76. The largest absolute Gasteiger partial charge is 0.464 e. The van der Waals surface area contributed by atoms with Crippen LogP contribution in [-0.4, -0.2) is 9.78 Å². The minimum absolute atomic E-state index is 0.625. The number of aromatic nitrogens is 2. The lowest BCUT2D eigenvalue weighted by Crippen LogP contribution is -1.93. The van der Waals surface area contributed by atoms with Gasteiger partial charge in [0.25, 0.3) is 0 Å². The smallest absolute Gasteiger partial charge is 0.133 e. The molecule has 0 amide bonds. The van der Waals surface area contributed by atoms with Gasteiger partial charge in [-0.05, 0) is 36.4 Å². The van der Waals surface area contributed by atoms with Gasteiger partial charge in [-0.2, -0.15) is 5.10 Å². The molecule has 0 spiro atoms. The molecule has 2 aromatic heterocycles. The van der Waals surface area contributed by atoms with Crippen LogP contribution in [0, 0.1) is 0 Å². The van der Waals surface area contributed by atoms with Gasteiger partial charge in [0.15, 0.2) is 0 Å². The summed E-state index contributed by atoms with van der Waals surface area (Å²) >= 11 is 5.82. The van der Waals surface area contributed by atoms with E-state index in [1.54, 1.807) is 23.3 Å². The zero-order valence-electron chi connectivity index (χ0n) is 8.88. The minimum Gasteiger partial charge on any atom is -0.464 e. The van der Waals surface area contributed by atoms with Crippen LogP contribution in [0.4, 0.5) is 0 Å². The average molecular weight is 245 g/mol. The fraction of sp³-hybridized carbons (Fsp3) is 0. The predicted molar refractivity (Wildman–Crippen MR) is 66.3 cm³/mol. The van der Waals surface area contributed by atoms with Crippen molar-refractivity contribution in [2.24, 2.45) is 0 Å². The first-order chi connectivity index (χ1) is 8.33. The molecule has 0 saturated carbocycles. The summed E-state index contributed by atoms with van der Waals surface area (Å²) in [6.45, 7) is 0. The highest BCUT2D eigenvalue weighted by atomic mass is 35.5. The third kappa shape index (κ3) is 1.97. The Labute approximate surface area is 103 Å². The van der Waals surface area contributed by atoms with Crippen molar-refractivity contribution in [3.63, 3.8) is 0 Å². The second kappa shape index (κ2) is 4.11. The summed E-state index contributed by atoms with van der Waals surface area (Å²) in [6, 6.07) is 11.7. The highest BCUT2D eigenvalue weighted by molar-refractivity contribution is 6.30. The number of rotatable bonds is 2. The van der Waals surface area contributed by atoms with Gasteiger partial charge in [0.1, 0.15) is 5.76 Å². The zero-order chi connectivity index (χ0) is 11.7. The van der Waals surface area contributed by atoms with Crippen molar-refractivity contribution >= 4 is 11.6 Å². The van der Waals surface area contributed by atoms with Gasteiger partial charge in [-0.1, -0.05) is 11.6 Å². The van der Waals surface area contributed by atoms with Gasteiger partial charge in [-0.15, -0.1) is 0 Å². The van der Waals surface area contributed by atoms with Gasteiger partial charge in [0.05, 0.1) is 23.2 Å². The SMILES string of the molecule is Clc1cnn(-c2ccc(-c3ccco3)cc2)c1. The van der Waals surface area contributed by atoms with E-state index in [4.69, 9.17) is 16.0 Å². The molecule has 0 radical (unpaired) electrons. The molecule has 0 aliphatic rings. The summed E-state index contributed by atoms with van der Waals surface area (Å²) < 4.78 is 7.06. The van der Waals surface area contributed by atoms with Gasteiger partial charge in [-0.3, -0.25) is 0 Å². The van der Waals surface area contributed by atoms with Crippen LogP contribution < -0.4 is 0 Å². The fourth-order valence-electron chi connectivity index (χ4n) is 1.66. The number of furan rings is 1. The maximum Gasteiger partial charge on any atom is 0.133 e. The van der Waals surface area contributed by atoms with E-state index in [0.29, 0.717) is 5.02 Å². The molecule has 17 heavy (non-hydrogen) atoms. The summed E-state index contributed by atoms with van der Waals surface area (Å²) in [7, 11) is 0. The molecule has 0 aliphatic heterocycles. The Morgan fingerprint density at radius 3 is 2.53 bits per heavy atom. The second-order valence-electron chi connectivity index (χ2n) is 3.63. The van der Waals surface area contributed by atoms with Crippen LogP contribution in [0.5, 0.6) is 0 Å². The van der Waals surface area contributed by atoms with E-state index in [1.807, 2.05) is 36.4 Å². The molecule has 3 aromatic rings. The first-order valence-corrected chi connectivity index (χ1v) is 5.55. The molecule has 2 heterocycles. The van der Waals surface area contributed by atoms with E-state index < -0.39 is 0 Å². The van der Waals surface area contributed by atoms with E-state index in [9.17, 15) is 0 Å². The van der Waals surface area contributed by atoms with E-state index >= 15 is 0 Å². The van der Waals surface area contributed by atoms with Crippen molar-refractivity contribution in [2.45, 2.75) is 0 Å². The molecule has 3 nitrogen and oxygen atoms in total. The highest BCUT2D eigenvalue weighted by Gasteiger charge is 2.02. The standard InChI is InChI=1S/C13H9ClN2O/c14-11-8-15-16(9-11)12-5-3-10(4-6-12)13-2-1-7-17-13/h1-9H. The third-order valence-electron chi connectivity index (χ3n) is 2.49. The number of hydrogen-bond acceptors (Lipinski definition) is 2. The Kier molecular flexibility index (Phi) is 2.46. The molecular weight excluding hydrogens is 236 g/mol. The Morgan fingerprint density at radius 2 is 1.94 bits per heavy atom. The monoisotopic (exact) mass is 244 g/mol. The Bertz CT molecular complexity index is 611. The molecule has 0 aliphatic carbocycles. The molecule has 84 valence electrons. The molecule has 0 atom stereocenters. The molecular formula is C13H9ClN2O. The van der Waals surface area contributed by atoms with E-state index in [-0.39, 0.29) is 0 Å². The fourth-order valence-corrected chi connectivity index (χ4v) is 1.80. The van der Waals surface area contributed by atoms with Gasteiger partial charge < -0.3 is 4.42 Å². The molecule has 0 unspecified atom stereocenters. The van der Waals surface area contributed by atoms with Crippen LogP contribution in [0.15, 0.2) is 59.5 Å². The molecule has 0 bridgehead atoms. The lowest BCUT2D eigenvalue weighted by atomic mass is 10.1. The normalized spacial score (nSPS) is 10.6. The quantitative estimate of drug-likeness (QED) is 0.687. The van der Waals surface area contributed by atoms with Crippen molar-refractivity contribution in [1.29, 1.82) is 0 Å². The summed E-state index contributed by atoms with van der Waals surface area (Å²) in [5.74, 6) is 0.857. The number of nitrogens with zero attached hydrogens (tertiary/aromatic N) is 2. The maximum absolute atomic E-state index is 5.82. The Balaban J connectivity index is 1.95. The molecule has 3 rings (SSSR count). The summed E-state index contributed by atoms with van der Waals surface area (Å²) in [6.07, 6.45) is 5.04. The van der Waals surface area contributed by atoms with Crippen LogP contribution in [0.3, 0.4) is 0 Å². The number of benzene rings is 1. The summed E-state index contributed by atoms with van der Waals surface area (Å²) in [4.78, 5) is 0. The Hall–Kier alpha value is -2.00. The van der Waals surface area contributed by atoms with Gasteiger partial charge in [0.2, 0.25) is 0 Å². The Morgan fingerprint density at radius 1 is 1.12 bits per heavy atom. The number of hydrogen-bond donors (Lipinski definition) is 0. The van der Waals surface area contributed by atoms with Crippen molar-refractivity contribution in [2.75, 3.05) is 0 Å². The molecule has 0 N–H and O–H groups in total. The number of halogens is 1. The van der Waals surface area contributed by atoms with E-state index in [1.165, 1.54) is 0 Å². The predicted octanol–water partition coefficient (Wildman–Crippen LogP) is 3.79. The van der Waals surface area contributed by atoms with Crippen LogP contribution >= 0.6 is 11.6 Å². The topological polar surface area (TPSA) is 31.0 Å². The molecule has 4 heteroatoms. The van der Waals surface area contributed by atoms with E-state index in [2.05, 4.69) is 5.10 Å². The van der Waals surface area contributed by atoms with Crippen LogP contribution in [0.25, 0.3) is 17.0 Å². The first kappa shape index (κ1) is 10.2. The van der Waals surface area contributed by atoms with Crippen LogP contribution in [0.1, 0.15) is 0 Å². The second-order valence-corrected chi connectivity index (χ2v) is 4.06. The van der Waals surface area contributed by atoms with E-state index in [0.717, 1.165) is 17.0 Å². The first-order valence-electron chi connectivity index (χ1n) is 5.17. The molecule has 0 fully saturated rings. The van der Waals surface area contributed by atoms with Crippen molar-refractivity contribution < 1.29 is 4.42 Å². The maximum atomic E-state index is 5.82. The molecule has 1 aromatic carbocycles. The van der Waals surface area contributed by atoms with Crippen molar-refractivity contribution in [1.82, 2.24) is 9.78 Å². The average Bonchev–Trinajstić information content (AvgIpc) is 3.00. The lowest BCUT2D eigenvalue weighted by Gasteiger charge is -2.02. The van der Waals surface area contributed by atoms with Crippen molar-refractivity contribution in [3.8, 4) is 17.0 Å². The highest BCUT2D eigenvalue weighted by Crippen LogP contribution is 2.21. The lowest BCUT2D eigenvalue weighted by molar-refractivity contribution is 0.582. The zero-order valence-corrected chi connectivity index (χ0v) is 9.63. The van der Waals surface area contributed by atoms with Crippen LogP contribution in [-0.2, 0) is 0 Å². The van der Waals surface area contributed by atoms with Gasteiger partial charge >= 0.3 is 0 Å². The van der Waals surface area contributed by atoms with Crippen molar-refractivity contribution in [3.05, 3.63) is 60.1 Å². The minimum atomic E-state index is 0.625. The third-order valence-corrected chi connectivity index (χ3v) is 2.68. The van der Waals surface area contributed by atoms with Gasteiger partial charge in [-0.25, -0.2) is 4.68 Å². The van der Waals surface area contributed by atoms with Crippen LogP contribution in [0.2, 0.25) is 5.02 Å².